The summed E-state index contributed by atoms with van der Waals surface area (Å²) in [6.45, 7) is 0. The fourth-order valence-electron chi connectivity index (χ4n) is 2.06. The second kappa shape index (κ2) is 4.97. The van der Waals surface area contributed by atoms with E-state index in [2.05, 4.69) is 5.10 Å². The first-order valence-corrected chi connectivity index (χ1v) is 6.09. The first kappa shape index (κ1) is 12.1. The summed E-state index contributed by atoms with van der Waals surface area (Å²) in [5, 5.41) is 15.3. The predicted octanol–water partition coefficient (Wildman–Crippen LogP) is 3.45. The van der Waals surface area contributed by atoms with E-state index in [1.54, 1.807) is 35.3 Å². The summed E-state index contributed by atoms with van der Waals surface area (Å²) in [6.07, 6.45) is 3.42. The molecule has 3 aromatic rings. The molecule has 0 fully saturated rings. The first-order valence-electron chi connectivity index (χ1n) is 6.09. The van der Waals surface area contributed by atoms with Crippen LogP contribution < -0.4 is 0 Å². The van der Waals surface area contributed by atoms with Crippen LogP contribution in [0.3, 0.4) is 0 Å². The maximum atomic E-state index is 11.1. The van der Waals surface area contributed by atoms with Crippen molar-refractivity contribution in [3.05, 3.63) is 77.1 Å². The van der Waals surface area contributed by atoms with Crippen LogP contribution in [0.15, 0.2) is 67.0 Å². The Morgan fingerprint density at radius 2 is 1.70 bits per heavy atom. The van der Waals surface area contributed by atoms with E-state index >= 15 is 0 Å². The second-order valence-corrected chi connectivity index (χ2v) is 4.28. The van der Waals surface area contributed by atoms with Crippen molar-refractivity contribution in [1.82, 2.24) is 9.78 Å². The van der Waals surface area contributed by atoms with Crippen LogP contribution in [0.2, 0.25) is 0 Å². The number of nitro benzene ring substituents is 1. The van der Waals surface area contributed by atoms with Crippen LogP contribution in [0.25, 0.3) is 16.8 Å². The van der Waals surface area contributed by atoms with Crippen molar-refractivity contribution in [2.75, 3.05) is 0 Å². The Hall–Kier alpha value is -2.95. The molecule has 0 radical (unpaired) electrons. The van der Waals surface area contributed by atoms with Gasteiger partial charge in [0.15, 0.2) is 0 Å². The molecule has 20 heavy (non-hydrogen) atoms. The molecule has 0 spiro atoms. The summed E-state index contributed by atoms with van der Waals surface area (Å²) in [4.78, 5) is 10.7. The molecule has 0 amide bonds. The van der Waals surface area contributed by atoms with E-state index < -0.39 is 0 Å². The fraction of sp³-hybridized carbons (Fsp3) is 0. The van der Waals surface area contributed by atoms with Gasteiger partial charge < -0.3 is 0 Å². The van der Waals surface area contributed by atoms with Gasteiger partial charge in [0.1, 0.15) is 0 Å². The molecule has 3 rings (SSSR count). The van der Waals surface area contributed by atoms with Crippen LogP contribution in [0.5, 0.6) is 0 Å². The molecule has 5 nitrogen and oxygen atoms in total. The van der Waals surface area contributed by atoms with E-state index in [-0.39, 0.29) is 10.6 Å². The summed E-state index contributed by atoms with van der Waals surface area (Å²) >= 11 is 0. The Morgan fingerprint density at radius 1 is 1.00 bits per heavy atom. The largest absolute Gasteiger partial charge is 0.277 e. The summed E-state index contributed by atoms with van der Waals surface area (Å²) in [5.74, 6) is 0. The third-order valence-corrected chi connectivity index (χ3v) is 3.02. The summed E-state index contributed by atoms with van der Waals surface area (Å²) in [5.41, 5.74) is 2.29. The molecule has 0 aliphatic rings. The van der Waals surface area contributed by atoms with E-state index in [0.29, 0.717) is 5.56 Å². The normalized spacial score (nSPS) is 10.4. The molecule has 1 aromatic heterocycles. The molecule has 0 unspecified atom stereocenters. The lowest BCUT2D eigenvalue weighted by Gasteiger charge is -2.00. The van der Waals surface area contributed by atoms with Gasteiger partial charge in [-0.1, -0.05) is 30.3 Å². The van der Waals surface area contributed by atoms with E-state index in [9.17, 15) is 10.1 Å². The number of benzene rings is 2. The van der Waals surface area contributed by atoms with Crippen LogP contribution >= 0.6 is 0 Å². The van der Waals surface area contributed by atoms with Gasteiger partial charge in [-0.2, -0.15) is 5.10 Å². The van der Waals surface area contributed by atoms with Crippen molar-refractivity contribution in [2.45, 2.75) is 0 Å². The molecule has 0 aliphatic carbocycles. The van der Waals surface area contributed by atoms with E-state index in [4.69, 9.17) is 0 Å². The Balaban J connectivity index is 2.05. The molecule has 0 bridgehead atoms. The lowest BCUT2D eigenvalue weighted by molar-refractivity contribution is -0.384. The number of hydrogen-bond acceptors (Lipinski definition) is 3. The van der Waals surface area contributed by atoms with Gasteiger partial charge in [-0.3, -0.25) is 10.1 Å². The molecule has 98 valence electrons. The lowest BCUT2D eigenvalue weighted by Crippen LogP contribution is -1.93. The van der Waals surface area contributed by atoms with Crippen LogP contribution in [0, 0.1) is 10.1 Å². The number of hydrogen-bond donors (Lipinski definition) is 0. The van der Waals surface area contributed by atoms with Gasteiger partial charge in [0, 0.05) is 17.8 Å². The highest BCUT2D eigenvalue weighted by atomic mass is 16.6. The average molecular weight is 265 g/mol. The van der Waals surface area contributed by atoms with Gasteiger partial charge >= 0.3 is 0 Å². The Morgan fingerprint density at radius 3 is 2.45 bits per heavy atom. The van der Waals surface area contributed by atoms with Gasteiger partial charge in [0.2, 0.25) is 0 Å². The Labute approximate surface area is 115 Å². The zero-order valence-electron chi connectivity index (χ0n) is 10.5. The van der Waals surface area contributed by atoms with Crippen LogP contribution in [0.1, 0.15) is 0 Å². The summed E-state index contributed by atoms with van der Waals surface area (Å²) in [7, 11) is 0. The number of nitrogens with zero attached hydrogens (tertiary/aromatic N) is 3. The molecule has 0 saturated carbocycles. The van der Waals surface area contributed by atoms with Gasteiger partial charge in [-0.05, 0) is 18.2 Å². The van der Waals surface area contributed by atoms with Crippen LogP contribution in [-0.2, 0) is 0 Å². The molecule has 0 atom stereocenters. The van der Waals surface area contributed by atoms with Gasteiger partial charge in [0.25, 0.3) is 5.69 Å². The molecule has 5 heteroatoms. The monoisotopic (exact) mass is 265 g/mol. The van der Waals surface area contributed by atoms with Crippen LogP contribution in [0.4, 0.5) is 5.69 Å². The number of nitro groups is 1. The summed E-state index contributed by atoms with van der Waals surface area (Å²) < 4.78 is 1.70. The van der Waals surface area contributed by atoms with E-state index in [1.807, 2.05) is 30.3 Å². The highest BCUT2D eigenvalue weighted by Crippen LogP contribution is 2.29. The van der Waals surface area contributed by atoms with Crippen molar-refractivity contribution in [3.8, 4) is 16.8 Å². The van der Waals surface area contributed by atoms with Gasteiger partial charge in [-0.25, -0.2) is 4.68 Å². The number of para-hydroxylation sites is 2. The summed E-state index contributed by atoms with van der Waals surface area (Å²) in [6, 6.07) is 16.3. The van der Waals surface area contributed by atoms with E-state index in [0.717, 1.165) is 11.3 Å². The van der Waals surface area contributed by atoms with Gasteiger partial charge in [-0.15, -0.1) is 0 Å². The van der Waals surface area contributed by atoms with Crippen molar-refractivity contribution < 1.29 is 4.92 Å². The molecule has 0 N–H and O–H groups in total. The minimum atomic E-state index is -0.380. The highest BCUT2D eigenvalue weighted by Gasteiger charge is 2.15. The van der Waals surface area contributed by atoms with Crippen molar-refractivity contribution in [3.63, 3.8) is 0 Å². The zero-order valence-corrected chi connectivity index (χ0v) is 10.5. The topological polar surface area (TPSA) is 61.0 Å². The minimum absolute atomic E-state index is 0.0834. The lowest BCUT2D eigenvalue weighted by atomic mass is 10.1. The third kappa shape index (κ3) is 2.16. The Bertz CT molecular complexity index is 751. The maximum absolute atomic E-state index is 11.1. The minimum Gasteiger partial charge on any atom is -0.258 e. The Kier molecular flexibility index (Phi) is 3.01. The number of aromatic nitrogens is 2. The molecule has 2 aromatic carbocycles. The quantitative estimate of drug-likeness (QED) is 0.538. The molecular formula is C15H11N3O2. The first-order chi connectivity index (χ1) is 9.75. The zero-order chi connectivity index (χ0) is 13.9. The standard InChI is InChI=1S/C15H11N3O2/c19-18(20)15-9-5-4-8-14(15)12-10-16-17(11-12)13-6-2-1-3-7-13/h1-11H. The van der Waals surface area contributed by atoms with Crippen molar-refractivity contribution in [2.24, 2.45) is 0 Å². The molecule has 0 saturated heterocycles. The van der Waals surface area contributed by atoms with Crippen molar-refractivity contribution >= 4 is 5.69 Å². The molecule has 0 aliphatic heterocycles. The predicted molar refractivity (Wildman–Crippen MR) is 75.7 cm³/mol. The highest BCUT2D eigenvalue weighted by molar-refractivity contribution is 5.72. The van der Waals surface area contributed by atoms with Gasteiger partial charge in [0.05, 0.1) is 22.4 Å². The van der Waals surface area contributed by atoms with Crippen molar-refractivity contribution in [1.29, 1.82) is 0 Å². The number of rotatable bonds is 3. The molecular weight excluding hydrogens is 254 g/mol. The smallest absolute Gasteiger partial charge is 0.258 e. The maximum Gasteiger partial charge on any atom is 0.277 e. The SMILES string of the molecule is O=[N+]([O-])c1ccccc1-c1cnn(-c2ccccc2)c1. The molecule has 1 heterocycles. The van der Waals surface area contributed by atoms with E-state index in [1.165, 1.54) is 6.07 Å². The third-order valence-electron chi connectivity index (χ3n) is 3.02. The second-order valence-electron chi connectivity index (χ2n) is 4.28. The average Bonchev–Trinajstić information content (AvgIpc) is 2.98. The van der Waals surface area contributed by atoms with Crippen LogP contribution in [-0.4, -0.2) is 14.7 Å². The fourth-order valence-corrected chi connectivity index (χ4v) is 2.06.